The average Bonchev–Trinajstić information content (AvgIpc) is 2.93. The van der Waals surface area contributed by atoms with Gasteiger partial charge in [-0.1, -0.05) is 24.3 Å². The monoisotopic (exact) mass is 546 g/mol. The molecule has 1 fully saturated rings. The number of aromatic nitrogens is 2. The molecule has 2 heterocycles. The number of methoxy groups -OCH3 is 1. The molecule has 0 radical (unpaired) electrons. The van der Waals surface area contributed by atoms with Crippen LogP contribution in [0.15, 0.2) is 71.6 Å². The van der Waals surface area contributed by atoms with Crippen LogP contribution in [0.25, 0.3) is 10.9 Å². The van der Waals surface area contributed by atoms with Crippen LogP contribution in [-0.2, 0) is 9.84 Å². The van der Waals surface area contributed by atoms with E-state index in [1.165, 1.54) is 6.26 Å². The molecule has 0 saturated carbocycles. The maximum absolute atomic E-state index is 12.4. The van der Waals surface area contributed by atoms with E-state index in [2.05, 4.69) is 40.6 Å². The molecule has 9 nitrogen and oxygen atoms in total. The van der Waals surface area contributed by atoms with Gasteiger partial charge in [0.15, 0.2) is 9.84 Å². The highest BCUT2D eigenvalue weighted by Gasteiger charge is 2.22. The number of piperidine rings is 1. The summed E-state index contributed by atoms with van der Waals surface area (Å²) >= 11 is 0. The Kier molecular flexibility index (Phi) is 7.58. The van der Waals surface area contributed by atoms with Gasteiger partial charge in [0.25, 0.3) is 0 Å². The lowest BCUT2D eigenvalue weighted by atomic mass is 10.0. The zero-order valence-electron chi connectivity index (χ0n) is 22.7. The molecule has 5 rings (SSSR count). The van der Waals surface area contributed by atoms with Gasteiger partial charge in [0.05, 0.1) is 28.9 Å². The third kappa shape index (κ3) is 5.91. The van der Waals surface area contributed by atoms with E-state index in [1.54, 1.807) is 31.4 Å². The number of nitrogens with one attached hydrogen (secondary N) is 2. The van der Waals surface area contributed by atoms with Crippen molar-refractivity contribution in [3.8, 4) is 5.75 Å². The fraction of sp³-hybridized carbons (Fsp3) is 0.310. The predicted octanol–water partition coefficient (Wildman–Crippen LogP) is 5.06. The maximum atomic E-state index is 12.4. The summed E-state index contributed by atoms with van der Waals surface area (Å²) in [5.74, 6) is 1.54. The molecule has 39 heavy (non-hydrogen) atoms. The van der Waals surface area contributed by atoms with Crippen LogP contribution in [0.2, 0.25) is 0 Å². The lowest BCUT2D eigenvalue weighted by molar-refractivity contribution is 0.253. The Morgan fingerprint density at radius 3 is 2.41 bits per heavy atom. The van der Waals surface area contributed by atoms with Crippen LogP contribution in [0.5, 0.6) is 5.75 Å². The van der Waals surface area contributed by atoms with Gasteiger partial charge in [0.1, 0.15) is 11.6 Å². The van der Waals surface area contributed by atoms with E-state index in [9.17, 15) is 8.42 Å². The van der Waals surface area contributed by atoms with Crippen molar-refractivity contribution < 1.29 is 13.2 Å². The zero-order chi connectivity index (χ0) is 27.6. The molecule has 0 unspecified atom stereocenters. The fourth-order valence-corrected chi connectivity index (χ4v) is 5.81. The Morgan fingerprint density at radius 1 is 0.949 bits per heavy atom. The lowest BCUT2D eigenvalue weighted by Gasteiger charge is -2.36. The summed E-state index contributed by atoms with van der Waals surface area (Å²) in [7, 11) is 2.51. The molecule has 0 bridgehead atoms. The van der Waals surface area contributed by atoms with Gasteiger partial charge in [-0.3, -0.25) is 0 Å². The van der Waals surface area contributed by atoms with Crippen LogP contribution in [0.4, 0.5) is 28.8 Å². The summed E-state index contributed by atoms with van der Waals surface area (Å²) in [6.45, 7) is 2.19. The highest BCUT2D eigenvalue weighted by atomic mass is 32.2. The van der Waals surface area contributed by atoms with Crippen LogP contribution in [0.3, 0.4) is 0 Å². The quantitative estimate of drug-likeness (QED) is 0.314. The molecular weight excluding hydrogens is 512 g/mol. The molecule has 0 spiro atoms. The number of para-hydroxylation sites is 2. The maximum Gasteiger partial charge on any atom is 0.229 e. The smallest absolute Gasteiger partial charge is 0.229 e. The summed E-state index contributed by atoms with van der Waals surface area (Å²) in [6.07, 6.45) is 3.44. The summed E-state index contributed by atoms with van der Waals surface area (Å²) in [6, 6.07) is 21.0. The second-order valence-electron chi connectivity index (χ2n) is 9.96. The van der Waals surface area contributed by atoms with Crippen molar-refractivity contribution in [2.75, 3.05) is 56.1 Å². The number of likely N-dealkylation sites (tertiary alicyclic amines) is 1. The standard InChI is InChI=1S/C29H34N6O3S/c1-34-17-15-20(16-18-34)35(2)21-13-14-24(26(19-21)38-3)32-29-31-23-10-6-5-9-22(23)28(33-29)30-25-11-7-8-12-27(25)39(4,36)37/h5-14,19-20H,15-18H2,1-4H3,(H2,30,31,32,33). The number of fused-ring (bicyclic) bond motifs is 1. The summed E-state index contributed by atoms with van der Waals surface area (Å²) in [5, 5.41) is 7.31. The molecule has 1 aromatic heterocycles. The molecule has 1 aliphatic rings. The van der Waals surface area contributed by atoms with Crippen LogP contribution >= 0.6 is 0 Å². The van der Waals surface area contributed by atoms with Gasteiger partial charge >= 0.3 is 0 Å². The summed E-state index contributed by atoms with van der Waals surface area (Å²) < 4.78 is 30.5. The number of sulfone groups is 1. The van der Waals surface area contributed by atoms with Crippen molar-refractivity contribution in [2.24, 2.45) is 0 Å². The minimum Gasteiger partial charge on any atom is -0.494 e. The predicted molar refractivity (Wildman–Crippen MR) is 158 cm³/mol. The molecule has 2 N–H and O–H groups in total. The summed E-state index contributed by atoms with van der Waals surface area (Å²) in [5.41, 5.74) is 2.99. The Morgan fingerprint density at radius 2 is 1.67 bits per heavy atom. The highest BCUT2D eigenvalue weighted by Crippen LogP contribution is 2.34. The molecule has 3 aromatic carbocycles. The van der Waals surface area contributed by atoms with Gasteiger partial charge in [-0.05, 0) is 69.4 Å². The third-order valence-corrected chi connectivity index (χ3v) is 8.37. The van der Waals surface area contributed by atoms with Crippen LogP contribution in [0, 0.1) is 0 Å². The van der Waals surface area contributed by atoms with Crippen molar-refractivity contribution in [1.29, 1.82) is 0 Å². The van der Waals surface area contributed by atoms with Crippen molar-refractivity contribution in [1.82, 2.24) is 14.9 Å². The largest absolute Gasteiger partial charge is 0.494 e. The molecule has 204 valence electrons. The van der Waals surface area contributed by atoms with Crippen LogP contribution in [0.1, 0.15) is 12.8 Å². The van der Waals surface area contributed by atoms with E-state index >= 15 is 0 Å². The van der Waals surface area contributed by atoms with Gasteiger partial charge in [0.2, 0.25) is 5.95 Å². The van der Waals surface area contributed by atoms with E-state index in [-0.39, 0.29) is 4.90 Å². The van der Waals surface area contributed by atoms with E-state index in [1.807, 2.05) is 36.4 Å². The number of ether oxygens (including phenoxy) is 1. The molecule has 10 heteroatoms. The first-order valence-corrected chi connectivity index (χ1v) is 14.8. The van der Waals surface area contributed by atoms with E-state index in [0.717, 1.165) is 42.7 Å². The molecule has 0 aliphatic carbocycles. The molecule has 1 aliphatic heterocycles. The van der Waals surface area contributed by atoms with Crippen molar-refractivity contribution in [3.63, 3.8) is 0 Å². The average molecular weight is 547 g/mol. The number of hydrogen-bond acceptors (Lipinski definition) is 9. The molecule has 0 amide bonds. The van der Waals surface area contributed by atoms with E-state index < -0.39 is 9.84 Å². The topological polar surface area (TPSA) is 99.7 Å². The fourth-order valence-electron chi connectivity index (χ4n) is 4.96. The number of hydrogen-bond donors (Lipinski definition) is 2. The molecule has 1 saturated heterocycles. The van der Waals surface area contributed by atoms with Crippen molar-refractivity contribution in [3.05, 3.63) is 66.7 Å². The molecule has 4 aromatic rings. The Hall–Kier alpha value is -3.89. The van der Waals surface area contributed by atoms with Crippen molar-refractivity contribution >= 4 is 49.6 Å². The van der Waals surface area contributed by atoms with E-state index in [0.29, 0.717) is 34.8 Å². The lowest BCUT2D eigenvalue weighted by Crippen LogP contribution is -2.41. The number of rotatable bonds is 8. The zero-order valence-corrected chi connectivity index (χ0v) is 23.5. The van der Waals surface area contributed by atoms with Gasteiger partial charge in [-0.15, -0.1) is 0 Å². The second-order valence-corrected chi connectivity index (χ2v) is 11.9. The first kappa shape index (κ1) is 26.7. The minimum absolute atomic E-state index is 0.202. The van der Waals surface area contributed by atoms with Crippen LogP contribution in [-0.4, -0.2) is 69.9 Å². The minimum atomic E-state index is -3.44. The first-order valence-electron chi connectivity index (χ1n) is 12.9. The SMILES string of the molecule is COc1cc(N(C)C2CCN(C)CC2)ccc1Nc1nc(Nc2ccccc2S(C)(=O)=O)c2ccccc2n1. The number of nitrogens with zero attached hydrogens (tertiary/aromatic N) is 4. The number of anilines is 5. The third-order valence-electron chi connectivity index (χ3n) is 7.22. The van der Waals surface area contributed by atoms with Gasteiger partial charge in [0, 0.05) is 36.5 Å². The summed E-state index contributed by atoms with van der Waals surface area (Å²) in [4.78, 5) is 14.3. The van der Waals surface area contributed by atoms with Gasteiger partial charge in [-0.25, -0.2) is 13.4 Å². The van der Waals surface area contributed by atoms with Gasteiger partial charge in [-0.2, -0.15) is 4.98 Å². The second kappa shape index (κ2) is 11.1. The first-order chi connectivity index (χ1) is 18.7. The van der Waals surface area contributed by atoms with E-state index in [4.69, 9.17) is 14.7 Å². The highest BCUT2D eigenvalue weighted by molar-refractivity contribution is 7.90. The number of benzene rings is 3. The Bertz CT molecular complexity index is 1590. The molecule has 0 atom stereocenters. The van der Waals surface area contributed by atoms with Crippen molar-refractivity contribution in [2.45, 2.75) is 23.8 Å². The Labute approximate surface area is 229 Å². The Balaban J connectivity index is 1.46. The van der Waals surface area contributed by atoms with Crippen LogP contribution < -0.4 is 20.3 Å². The normalized spacial score (nSPS) is 14.8. The molecular formula is C29H34N6O3S. The van der Waals surface area contributed by atoms with Gasteiger partial charge < -0.3 is 25.2 Å².